The molecule has 0 atom stereocenters. The largest absolute Gasteiger partial charge is 0.416 e. The van der Waals surface area contributed by atoms with Crippen LogP contribution in [0.2, 0.25) is 5.02 Å². The minimum absolute atomic E-state index is 0.0813. The van der Waals surface area contributed by atoms with Crippen molar-refractivity contribution in [1.29, 1.82) is 0 Å². The van der Waals surface area contributed by atoms with E-state index in [1.165, 1.54) is 6.07 Å². The normalized spacial score (nSPS) is 16.8. The van der Waals surface area contributed by atoms with Crippen LogP contribution in [0.1, 0.15) is 11.4 Å². The number of nitrogens with zero attached hydrogens (tertiary/aromatic N) is 5. The smallest absolute Gasteiger partial charge is 0.379 e. The third-order valence-corrected chi connectivity index (χ3v) is 7.72. The lowest BCUT2D eigenvalue weighted by molar-refractivity contribution is -0.137. The van der Waals surface area contributed by atoms with Gasteiger partial charge in [-0.2, -0.15) is 13.2 Å². The highest BCUT2D eigenvalue weighted by molar-refractivity contribution is 7.99. The molecule has 14 heteroatoms. The molecule has 0 unspecified atom stereocenters. The van der Waals surface area contributed by atoms with Gasteiger partial charge in [0.1, 0.15) is 0 Å². The predicted molar refractivity (Wildman–Crippen MR) is 146 cm³/mol. The van der Waals surface area contributed by atoms with E-state index >= 15 is 0 Å². The molecule has 2 aromatic carbocycles. The highest BCUT2D eigenvalue weighted by atomic mass is 35.5. The van der Waals surface area contributed by atoms with Gasteiger partial charge < -0.3 is 19.7 Å². The molecule has 5 rings (SSSR count). The molecular formula is C26H28ClF3N6O3S. The molecule has 3 aromatic rings. The molecule has 1 amide bonds. The Kier molecular flexibility index (Phi) is 9.16. The summed E-state index contributed by atoms with van der Waals surface area (Å²) in [6.45, 7) is 5.28. The van der Waals surface area contributed by atoms with Crippen LogP contribution in [0.3, 0.4) is 0 Å². The van der Waals surface area contributed by atoms with E-state index in [4.69, 9.17) is 21.1 Å². The number of hydrogen-bond donors (Lipinski definition) is 1. The second kappa shape index (κ2) is 12.8. The van der Waals surface area contributed by atoms with Gasteiger partial charge in [-0.1, -0.05) is 23.4 Å². The summed E-state index contributed by atoms with van der Waals surface area (Å²) in [7, 11) is 0. The van der Waals surface area contributed by atoms with E-state index in [9.17, 15) is 18.0 Å². The number of alkyl halides is 3. The van der Waals surface area contributed by atoms with Crippen molar-refractivity contribution in [2.24, 2.45) is 0 Å². The second-order valence-electron chi connectivity index (χ2n) is 9.27. The maximum absolute atomic E-state index is 13.5. The van der Waals surface area contributed by atoms with Gasteiger partial charge in [0.15, 0.2) is 11.0 Å². The molecular weight excluding hydrogens is 569 g/mol. The summed E-state index contributed by atoms with van der Waals surface area (Å²) < 4.78 is 53.1. The van der Waals surface area contributed by atoms with Crippen molar-refractivity contribution in [3.05, 3.63) is 58.9 Å². The van der Waals surface area contributed by atoms with Gasteiger partial charge >= 0.3 is 6.18 Å². The highest BCUT2D eigenvalue weighted by Crippen LogP contribution is 2.36. The van der Waals surface area contributed by atoms with Crippen LogP contribution in [0.15, 0.2) is 47.6 Å². The minimum Gasteiger partial charge on any atom is -0.379 e. The Labute approximate surface area is 238 Å². The van der Waals surface area contributed by atoms with Gasteiger partial charge in [-0.15, -0.1) is 10.2 Å². The summed E-state index contributed by atoms with van der Waals surface area (Å²) >= 11 is 7.25. The molecule has 3 heterocycles. The Balaban J connectivity index is 1.34. The first-order chi connectivity index (χ1) is 19.3. The molecule has 2 fully saturated rings. The van der Waals surface area contributed by atoms with Gasteiger partial charge in [-0.3, -0.25) is 14.3 Å². The highest BCUT2D eigenvalue weighted by Gasteiger charge is 2.32. The van der Waals surface area contributed by atoms with Crippen molar-refractivity contribution < 1.29 is 27.4 Å². The van der Waals surface area contributed by atoms with E-state index in [0.717, 1.165) is 42.7 Å². The van der Waals surface area contributed by atoms with Crippen molar-refractivity contribution in [1.82, 2.24) is 19.7 Å². The number of morpholine rings is 2. The minimum atomic E-state index is -4.54. The molecule has 2 saturated heterocycles. The summed E-state index contributed by atoms with van der Waals surface area (Å²) in [6, 6.07) is 10.6. The number of benzene rings is 2. The van der Waals surface area contributed by atoms with Crippen molar-refractivity contribution in [2.45, 2.75) is 17.9 Å². The van der Waals surface area contributed by atoms with E-state index in [-0.39, 0.29) is 11.4 Å². The van der Waals surface area contributed by atoms with Crippen LogP contribution in [0.4, 0.5) is 24.5 Å². The zero-order valence-electron chi connectivity index (χ0n) is 21.5. The number of rotatable bonds is 8. The Hall–Kier alpha value is -2.84. The number of nitrogens with one attached hydrogen (secondary N) is 1. The Morgan fingerprint density at radius 1 is 0.975 bits per heavy atom. The van der Waals surface area contributed by atoms with Gasteiger partial charge in [0.2, 0.25) is 5.91 Å². The summed E-state index contributed by atoms with van der Waals surface area (Å²) in [5, 5.41) is 12.5. The molecule has 0 bridgehead atoms. The van der Waals surface area contributed by atoms with E-state index in [2.05, 4.69) is 20.4 Å². The van der Waals surface area contributed by atoms with Crippen molar-refractivity contribution in [2.75, 3.05) is 68.6 Å². The second-order valence-corrected chi connectivity index (χ2v) is 10.6. The number of halogens is 4. The summed E-state index contributed by atoms with van der Waals surface area (Å²) in [5.41, 5.74) is 0.581. The number of carbonyl (C=O) groups is 1. The number of amides is 1. The number of thioether (sulfide) groups is 1. The first kappa shape index (κ1) is 28.7. The van der Waals surface area contributed by atoms with Crippen molar-refractivity contribution in [3.8, 4) is 5.69 Å². The Morgan fingerprint density at radius 3 is 2.33 bits per heavy atom. The Bertz CT molecular complexity index is 1310. The molecule has 2 aliphatic rings. The van der Waals surface area contributed by atoms with E-state index in [0.29, 0.717) is 67.8 Å². The fourth-order valence-electron chi connectivity index (χ4n) is 4.51. The van der Waals surface area contributed by atoms with Crippen LogP contribution in [0, 0.1) is 0 Å². The molecule has 9 nitrogen and oxygen atoms in total. The molecule has 40 heavy (non-hydrogen) atoms. The molecule has 1 aromatic heterocycles. The number of ether oxygens (including phenoxy) is 2. The van der Waals surface area contributed by atoms with E-state index in [1.807, 2.05) is 21.6 Å². The topological polar surface area (TPSA) is 84.8 Å². The maximum atomic E-state index is 13.5. The fourth-order valence-corrected chi connectivity index (χ4v) is 5.41. The molecule has 1 N–H and O–H groups in total. The zero-order chi connectivity index (χ0) is 28.1. The average Bonchev–Trinajstić information content (AvgIpc) is 3.35. The third-order valence-electron chi connectivity index (χ3n) is 6.54. The first-order valence-electron chi connectivity index (χ1n) is 12.7. The molecule has 214 valence electrons. The average molecular weight is 597 g/mol. The summed E-state index contributed by atoms with van der Waals surface area (Å²) in [4.78, 5) is 17.2. The van der Waals surface area contributed by atoms with Gasteiger partial charge in [0.05, 0.1) is 55.7 Å². The first-order valence-corrected chi connectivity index (χ1v) is 14.1. The van der Waals surface area contributed by atoms with E-state index < -0.39 is 17.6 Å². The van der Waals surface area contributed by atoms with Gasteiger partial charge in [-0.05, 0) is 42.5 Å². The quantitative estimate of drug-likeness (QED) is 0.385. The standard InChI is InChI=1S/C26H28ClF3N6O3S/c27-19-2-4-20(5-3-19)36-23(16-34-7-11-38-12-8-34)32-33-25(36)40-17-24(37)31-21-15-18(26(28,29)30)1-6-22(21)35-9-13-39-14-10-35/h1-6,15H,7-14,16-17H2,(H,31,37). The lowest BCUT2D eigenvalue weighted by Crippen LogP contribution is -2.37. The van der Waals surface area contributed by atoms with Crippen LogP contribution in [0.25, 0.3) is 5.69 Å². The monoisotopic (exact) mass is 596 g/mol. The number of aromatic nitrogens is 3. The number of carbonyl (C=O) groups excluding carboxylic acids is 1. The van der Waals surface area contributed by atoms with Crippen LogP contribution in [-0.4, -0.2) is 83.9 Å². The number of anilines is 2. The fraction of sp³-hybridized carbons (Fsp3) is 0.423. The van der Waals surface area contributed by atoms with Gasteiger partial charge in [0.25, 0.3) is 0 Å². The van der Waals surface area contributed by atoms with Gasteiger partial charge in [0, 0.05) is 36.9 Å². The lowest BCUT2D eigenvalue weighted by Gasteiger charge is -2.31. The van der Waals surface area contributed by atoms with Crippen LogP contribution in [-0.2, 0) is 27.0 Å². The SMILES string of the molecule is O=C(CSc1nnc(CN2CCOCC2)n1-c1ccc(Cl)cc1)Nc1cc(C(F)(F)F)ccc1N1CCOCC1. The number of hydrogen-bond acceptors (Lipinski definition) is 8. The van der Waals surface area contributed by atoms with E-state index in [1.54, 1.807) is 12.1 Å². The zero-order valence-corrected chi connectivity index (χ0v) is 23.1. The maximum Gasteiger partial charge on any atom is 0.416 e. The molecule has 0 radical (unpaired) electrons. The Morgan fingerprint density at radius 2 is 1.65 bits per heavy atom. The van der Waals surface area contributed by atoms with Crippen LogP contribution >= 0.6 is 23.4 Å². The van der Waals surface area contributed by atoms with Gasteiger partial charge in [-0.25, -0.2) is 0 Å². The molecule has 0 spiro atoms. The molecule has 0 aliphatic carbocycles. The van der Waals surface area contributed by atoms with Crippen molar-refractivity contribution >= 4 is 40.6 Å². The predicted octanol–water partition coefficient (Wildman–Crippen LogP) is 4.34. The van der Waals surface area contributed by atoms with Crippen LogP contribution in [0.5, 0.6) is 0 Å². The van der Waals surface area contributed by atoms with Crippen molar-refractivity contribution in [3.63, 3.8) is 0 Å². The third kappa shape index (κ3) is 7.07. The lowest BCUT2D eigenvalue weighted by atomic mass is 10.1. The molecule has 2 aliphatic heterocycles. The molecule has 0 saturated carbocycles. The summed E-state index contributed by atoms with van der Waals surface area (Å²) in [5.74, 6) is 0.154. The van der Waals surface area contributed by atoms with Crippen LogP contribution < -0.4 is 10.2 Å². The summed E-state index contributed by atoms with van der Waals surface area (Å²) in [6.07, 6.45) is -4.54.